The van der Waals surface area contributed by atoms with E-state index in [0.29, 0.717) is 36.0 Å². The van der Waals surface area contributed by atoms with E-state index >= 15 is 0 Å². The Labute approximate surface area is 239 Å². The van der Waals surface area contributed by atoms with E-state index in [1.807, 2.05) is 6.07 Å². The Morgan fingerprint density at radius 1 is 0.950 bits per heavy atom. The molecule has 7 atom stereocenters. The summed E-state index contributed by atoms with van der Waals surface area (Å²) >= 11 is 0. The van der Waals surface area contributed by atoms with Crippen molar-refractivity contribution in [1.29, 1.82) is 0 Å². The molecule has 3 aliphatic carbocycles. The molecule has 7 heteroatoms. The molecule has 2 saturated carbocycles. The van der Waals surface area contributed by atoms with Crippen LogP contribution in [0.25, 0.3) is 0 Å². The lowest BCUT2D eigenvalue weighted by Crippen LogP contribution is -2.47. The van der Waals surface area contributed by atoms with E-state index in [0.717, 1.165) is 51.4 Å². The predicted molar refractivity (Wildman–Crippen MR) is 152 cm³/mol. The van der Waals surface area contributed by atoms with Gasteiger partial charge in [-0.05, 0) is 85.5 Å². The Morgan fingerprint density at radius 3 is 2.33 bits per heavy atom. The molecule has 222 valence electrons. The fourth-order valence-electron chi connectivity index (χ4n) is 8.18. The molecule has 0 radical (unpaired) electrons. The highest BCUT2D eigenvalue weighted by Crippen LogP contribution is 2.63. The quantitative estimate of drug-likeness (QED) is 0.184. The number of carbonyl (C=O) groups is 3. The van der Waals surface area contributed by atoms with Gasteiger partial charge in [0.05, 0.1) is 12.7 Å². The standard InChI is InChI=1S/C33H48O7/c1-21(34)38-17-11-9-7-5-6-8-10-12-24-18-25-19-26(39-22(2)35)13-14-27(25)28-15-16-33(4)29(31(24)28)20-30(32(33)37)40-23(3)36/h13-14,19,24,28-32,37H,5-12,15-18,20H2,1-4H3/t24-,28-,29+,30+,31-,32+,33+/m1/s1. The second-order valence-corrected chi connectivity index (χ2v) is 12.7. The summed E-state index contributed by atoms with van der Waals surface area (Å²) in [6.07, 6.45) is 11.6. The number of rotatable bonds is 12. The Kier molecular flexibility index (Phi) is 10.3. The molecule has 1 N–H and O–H groups in total. The highest BCUT2D eigenvalue weighted by atomic mass is 16.6. The number of aliphatic hydroxyl groups is 1. The minimum atomic E-state index is -0.628. The van der Waals surface area contributed by atoms with Gasteiger partial charge in [0.25, 0.3) is 0 Å². The van der Waals surface area contributed by atoms with Crippen molar-refractivity contribution in [3.8, 4) is 5.75 Å². The fraction of sp³-hybridized carbons (Fsp3) is 0.727. The van der Waals surface area contributed by atoms with Crippen molar-refractivity contribution in [2.75, 3.05) is 6.61 Å². The maximum atomic E-state index is 11.8. The molecule has 1 aromatic rings. The third-order valence-corrected chi connectivity index (χ3v) is 9.93. The van der Waals surface area contributed by atoms with Crippen molar-refractivity contribution in [3.63, 3.8) is 0 Å². The molecule has 1 aromatic carbocycles. The molecular formula is C33H48O7. The van der Waals surface area contributed by atoms with Crippen LogP contribution in [0.4, 0.5) is 0 Å². The zero-order valence-corrected chi connectivity index (χ0v) is 24.8. The first-order chi connectivity index (χ1) is 19.1. The SMILES string of the molecule is CC(=O)OCCCCCCCCC[C@@H]1Cc2cc(OC(C)=O)ccc2[C@H]2CC[C@]3(C)[C@@H](O)[C@@H](OC(C)=O)C[C@H]3[C@H]12. The number of unbranched alkanes of at least 4 members (excludes halogenated alkanes) is 6. The Hall–Kier alpha value is -2.41. The Bertz CT molecular complexity index is 1050. The Balaban J connectivity index is 1.43. The van der Waals surface area contributed by atoms with Crippen LogP contribution in [0, 0.1) is 23.2 Å². The molecule has 0 saturated heterocycles. The van der Waals surface area contributed by atoms with E-state index in [1.54, 1.807) is 0 Å². The van der Waals surface area contributed by atoms with Gasteiger partial charge in [-0.2, -0.15) is 0 Å². The summed E-state index contributed by atoms with van der Waals surface area (Å²) in [6, 6.07) is 6.14. The first kappa shape index (κ1) is 30.5. The average Bonchev–Trinajstić information content (AvgIpc) is 3.13. The topological polar surface area (TPSA) is 99.1 Å². The monoisotopic (exact) mass is 556 g/mol. The van der Waals surface area contributed by atoms with Crippen LogP contribution < -0.4 is 4.74 Å². The average molecular weight is 557 g/mol. The van der Waals surface area contributed by atoms with Crippen LogP contribution >= 0.6 is 0 Å². The van der Waals surface area contributed by atoms with Crippen molar-refractivity contribution in [3.05, 3.63) is 29.3 Å². The third kappa shape index (κ3) is 7.07. The molecule has 0 aliphatic heterocycles. The van der Waals surface area contributed by atoms with E-state index < -0.39 is 12.2 Å². The van der Waals surface area contributed by atoms with Crippen molar-refractivity contribution in [2.45, 2.75) is 123 Å². The highest BCUT2D eigenvalue weighted by molar-refractivity contribution is 5.69. The Morgan fingerprint density at radius 2 is 1.65 bits per heavy atom. The molecule has 0 heterocycles. The molecule has 4 rings (SSSR count). The molecule has 0 aromatic heterocycles. The van der Waals surface area contributed by atoms with Gasteiger partial charge in [0, 0.05) is 26.2 Å². The number of hydrogen-bond donors (Lipinski definition) is 1. The summed E-state index contributed by atoms with van der Waals surface area (Å²) < 4.78 is 16.1. The van der Waals surface area contributed by atoms with Crippen LogP contribution in [0.1, 0.15) is 115 Å². The minimum Gasteiger partial charge on any atom is -0.466 e. The summed E-state index contributed by atoms with van der Waals surface area (Å²) in [4.78, 5) is 34.3. The number of esters is 3. The third-order valence-electron chi connectivity index (χ3n) is 9.93. The zero-order chi connectivity index (χ0) is 28.9. The van der Waals surface area contributed by atoms with Crippen molar-refractivity contribution in [2.24, 2.45) is 23.2 Å². The molecule has 40 heavy (non-hydrogen) atoms. The van der Waals surface area contributed by atoms with Crippen molar-refractivity contribution in [1.82, 2.24) is 0 Å². The van der Waals surface area contributed by atoms with Gasteiger partial charge in [-0.3, -0.25) is 14.4 Å². The van der Waals surface area contributed by atoms with Crippen molar-refractivity contribution >= 4 is 17.9 Å². The summed E-state index contributed by atoms with van der Waals surface area (Å²) in [5.41, 5.74) is 2.40. The number of fused-ring (bicyclic) bond motifs is 5. The van der Waals surface area contributed by atoms with Crippen LogP contribution in [0.15, 0.2) is 18.2 Å². The van der Waals surface area contributed by atoms with Gasteiger partial charge in [-0.15, -0.1) is 0 Å². The van der Waals surface area contributed by atoms with Crippen LogP contribution in [0.3, 0.4) is 0 Å². The van der Waals surface area contributed by atoms with Gasteiger partial charge in [0.15, 0.2) is 0 Å². The van der Waals surface area contributed by atoms with Crippen LogP contribution in [0.5, 0.6) is 5.75 Å². The summed E-state index contributed by atoms with van der Waals surface area (Å²) in [6.45, 7) is 7.05. The predicted octanol–water partition coefficient (Wildman–Crippen LogP) is 6.28. The van der Waals surface area contributed by atoms with Crippen LogP contribution in [-0.2, 0) is 30.3 Å². The number of ether oxygens (including phenoxy) is 3. The van der Waals surface area contributed by atoms with Gasteiger partial charge < -0.3 is 19.3 Å². The lowest BCUT2D eigenvalue weighted by Gasteiger charge is -2.53. The van der Waals surface area contributed by atoms with Gasteiger partial charge >= 0.3 is 17.9 Å². The second kappa shape index (κ2) is 13.5. The summed E-state index contributed by atoms with van der Waals surface area (Å²) in [5, 5.41) is 11.3. The molecule has 3 aliphatic rings. The highest BCUT2D eigenvalue weighted by Gasteiger charge is 2.60. The van der Waals surface area contributed by atoms with E-state index in [1.165, 1.54) is 57.6 Å². The molecule has 0 amide bonds. The number of aliphatic hydroxyl groups excluding tert-OH is 1. The zero-order valence-electron chi connectivity index (χ0n) is 24.8. The maximum Gasteiger partial charge on any atom is 0.308 e. The van der Waals surface area contributed by atoms with Crippen molar-refractivity contribution < 1.29 is 33.7 Å². The summed E-state index contributed by atoms with van der Waals surface area (Å²) in [5.74, 6) is 1.39. The van der Waals surface area contributed by atoms with Gasteiger partial charge in [-0.25, -0.2) is 0 Å². The normalized spacial score (nSPS) is 30.5. The van der Waals surface area contributed by atoms with Gasteiger partial charge in [0.1, 0.15) is 11.9 Å². The smallest absolute Gasteiger partial charge is 0.308 e. The van der Waals surface area contributed by atoms with Gasteiger partial charge in [0.2, 0.25) is 0 Å². The largest absolute Gasteiger partial charge is 0.466 e. The molecule has 2 fully saturated rings. The number of hydrogen-bond acceptors (Lipinski definition) is 7. The molecule has 0 spiro atoms. The second-order valence-electron chi connectivity index (χ2n) is 12.7. The molecule has 0 unspecified atom stereocenters. The number of carbonyl (C=O) groups excluding carboxylic acids is 3. The first-order valence-corrected chi connectivity index (χ1v) is 15.4. The van der Waals surface area contributed by atoms with Gasteiger partial charge in [-0.1, -0.05) is 51.5 Å². The van der Waals surface area contributed by atoms with E-state index in [-0.39, 0.29) is 23.3 Å². The molecule has 7 nitrogen and oxygen atoms in total. The van der Waals surface area contributed by atoms with E-state index in [4.69, 9.17) is 14.2 Å². The van der Waals surface area contributed by atoms with E-state index in [9.17, 15) is 19.5 Å². The summed E-state index contributed by atoms with van der Waals surface area (Å²) in [7, 11) is 0. The maximum absolute atomic E-state index is 11.8. The first-order valence-electron chi connectivity index (χ1n) is 15.4. The molecular weight excluding hydrogens is 508 g/mol. The van der Waals surface area contributed by atoms with Crippen LogP contribution in [-0.4, -0.2) is 41.8 Å². The van der Waals surface area contributed by atoms with Crippen LogP contribution in [0.2, 0.25) is 0 Å². The fourth-order valence-corrected chi connectivity index (χ4v) is 8.18. The minimum absolute atomic E-state index is 0.206. The van der Waals surface area contributed by atoms with E-state index in [2.05, 4.69) is 19.1 Å². The number of benzene rings is 1. The molecule has 0 bridgehead atoms. The lowest BCUT2D eigenvalue weighted by atomic mass is 9.52. The lowest BCUT2D eigenvalue weighted by molar-refractivity contribution is -0.153.